The van der Waals surface area contributed by atoms with Crippen LogP contribution in [0.25, 0.3) is 22.0 Å². The Labute approximate surface area is 178 Å². The fourth-order valence-corrected chi connectivity index (χ4v) is 3.97. The van der Waals surface area contributed by atoms with Crippen LogP contribution in [0.5, 0.6) is 0 Å². The number of aryl methyl sites for hydroxylation is 3. The lowest BCUT2D eigenvalue weighted by atomic mass is 9.99. The van der Waals surface area contributed by atoms with Gasteiger partial charge in [-0.2, -0.15) is 4.98 Å². The highest BCUT2D eigenvalue weighted by atomic mass is 16.5. The largest absolute Gasteiger partial charge is 0.368 e. The van der Waals surface area contributed by atoms with Crippen molar-refractivity contribution in [2.75, 3.05) is 11.9 Å². The third kappa shape index (κ3) is 3.59. The van der Waals surface area contributed by atoms with E-state index < -0.39 is 0 Å². The molecule has 0 radical (unpaired) electrons. The van der Waals surface area contributed by atoms with Crippen LogP contribution in [-0.4, -0.2) is 26.3 Å². The molecule has 0 spiro atoms. The molecular weight excluding hydrogens is 394 g/mol. The molecule has 0 saturated carbocycles. The molecule has 1 fully saturated rings. The Balaban J connectivity index is 1.51. The summed E-state index contributed by atoms with van der Waals surface area (Å²) in [7, 11) is 1.79. The molecule has 8 heteroatoms. The normalized spacial score (nSPS) is 16.2. The predicted octanol–water partition coefficient (Wildman–Crippen LogP) is 4.20. The van der Waals surface area contributed by atoms with E-state index in [4.69, 9.17) is 9.26 Å². The second-order valence-electron chi connectivity index (χ2n) is 7.92. The van der Waals surface area contributed by atoms with Gasteiger partial charge in [-0.25, -0.2) is 0 Å². The molecule has 4 heterocycles. The lowest BCUT2D eigenvalue weighted by molar-refractivity contribution is 0.0836. The second-order valence-corrected chi connectivity index (χ2v) is 7.92. The van der Waals surface area contributed by atoms with E-state index in [0.29, 0.717) is 24.0 Å². The van der Waals surface area contributed by atoms with Crippen molar-refractivity contribution in [1.29, 1.82) is 0 Å². The molecule has 1 N–H and O–H groups in total. The van der Waals surface area contributed by atoms with Gasteiger partial charge in [-0.05, 0) is 67.2 Å². The highest BCUT2D eigenvalue weighted by Gasteiger charge is 2.24. The monoisotopic (exact) mass is 417 g/mol. The van der Waals surface area contributed by atoms with E-state index in [0.717, 1.165) is 46.3 Å². The van der Waals surface area contributed by atoms with Crippen molar-refractivity contribution in [2.45, 2.75) is 32.8 Å². The van der Waals surface area contributed by atoms with Gasteiger partial charge in [0.2, 0.25) is 0 Å². The minimum absolute atomic E-state index is 0.0569. The van der Waals surface area contributed by atoms with Crippen molar-refractivity contribution in [1.82, 2.24) is 19.7 Å². The quantitative estimate of drug-likeness (QED) is 0.532. The molecule has 158 valence electrons. The molecule has 31 heavy (non-hydrogen) atoms. The van der Waals surface area contributed by atoms with Crippen LogP contribution in [0, 0.1) is 13.8 Å². The first kappa shape index (κ1) is 19.4. The third-order valence-corrected chi connectivity index (χ3v) is 5.68. The van der Waals surface area contributed by atoms with Crippen molar-refractivity contribution in [3.05, 3.63) is 64.0 Å². The summed E-state index contributed by atoms with van der Waals surface area (Å²) < 4.78 is 12.6. The molecule has 8 nitrogen and oxygen atoms in total. The summed E-state index contributed by atoms with van der Waals surface area (Å²) >= 11 is 0. The maximum absolute atomic E-state index is 13.1. The molecule has 0 unspecified atom stereocenters. The van der Waals surface area contributed by atoms with Gasteiger partial charge < -0.3 is 19.1 Å². The fraction of sp³-hybridized carbons (Fsp3) is 0.304. The minimum atomic E-state index is -0.130. The topological polar surface area (TPSA) is 95.1 Å². The number of rotatable bonds is 4. The Morgan fingerprint density at radius 1 is 1.16 bits per heavy atom. The Morgan fingerprint density at radius 2 is 2.03 bits per heavy atom. The summed E-state index contributed by atoms with van der Waals surface area (Å²) in [6.45, 7) is 4.62. The number of anilines is 2. The van der Waals surface area contributed by atoms with Crippen molar-refractivity contribution < 1.29 is 9.26 Å². The number of hydrogen-bond donors (Lipinski definition) is 1. The molecular formula is C23H23N5O3. The van der Waals surface area contributed by atoms with Crippen LogP contribution in [0.2, 0.25) is 0 Å². The zero-order valence-electron chi connectivity index (χ0n) is 17.7. The van der Waals surface area contributed by atoms with Crippen molar-refractivity contribution in [2.24, 2.45) is 7.05 Å². The van der Waals surface area contributed by atoms with E-state index >= 15 is 0 Å². The van der Waals surface area contributed by atoms with E-state index in [1.165, 1.54) is 0 Å². The average molecular weight is 417 g/mol. The van der Waals surface area contributed by atoms with Gasteiger partial charge in [0.1, 0.15) is 6.10 Å². The molecule has 1 atom stereocenters. The van der Waals surface area contributed by atoms with Crippen LogP contribution in [0.3, 0.4) is 0 Å². The number of pyridine rings is 2. The number of fused-ring (bicyclic) bond motifs is 1. The van der Waals surface area contributed by atoms with Gasteiger partial charge in [0.15, 0.2) is 0 Å². The first-order valence-corrected chi connectivity index (χ1v) is 10.3. The minimum Gasteiger partial charge on any atom is -0.368 e. The van der Waals surface area contributed by atoms with E-state index in [1.54, 1.807) is 17.8 Å². The zero-order valence-corrected chi connectivity index (χ0v) is 17.7. The summed E-state index contributed by atoms with van der Waals surface area (Å²) in [6.07, 6.45) is 3.55. The number of ether oxygens (including phenoxy) is 1. The Bertz CT molecular complexity index is 1340. The van der Waals surface area contributed by atoms with Gasteiger partial charge in [-0.15, -0.1) is 0 Å². The van der Waals surface area contributed by atoms with E-state index in [9.17, 15) is 4.79 Å². The van der Waals surface area contributed by atoms with Crippen LogP contribution >= 0.6 is 0 Å². The molecule has 1 aliphatic rings. The summed E-state index contributed by atoms with van der Waals surface area (Å²) in [5.74, 6) is 0.852. The van der Waals surface area contributed by atoms with Gasteiger partial charge in [0.25, 0.3) is 17.4 Å². The van der Waals surface area contributed by atoms with Crippen LogP contribution < -0.4 is 10.9 Å². The van der Waals surface area contributed by atoms with Crippen LogP contribution in [0.1, 0.15) is 36.1 Å². The summed E-state index contributed by atoms with van der Waals surface area (Å²) in [5, 5.41) is 8.10. The first-order valence-electron chi connectivity index (χ1n) is 10.3. The SMILES string of the molecule is Cc1cc2c(cn1)cc(-c1cc(Nc3noc([C@@H]4CCCO4)n3)ccc1C)c(=O)n2C. The molecule has 3 aromatic heterocycles. The fourth-order valence-electron chi connectivity index (χ4n) is 3.97. The Hall–Kier alpha value is -3.52. The number of hydrogen-bond acceptors (Lipinski definition) is 7. The van der Waals surface area contributed by atoms with Gasteiger partial charge in [0, 0.05) is 42.2 Å². The zero-order chi connectivity index (χ0) is 21.5. The van der Waals surface area contributed by atoms with Crippen molar-refractivity contribution in [3.8, 4) is 11.1 Å². The molecule has 0 bridgehead atoms. The van der Waals surface area contributed by atoms with E-state index in [-0.39, 0.29) is 11.7 Å². The van der Waals surface area contributed by atoms with Crippen molar-refractivity contribution >= 4 is 22.5 Å². The average Bonchev–Trinajstić information content (AvgIpc) is 3.45. The van der Waals surface area contributed by atoms with Crippen LogP contribution in [0.4, 0.5) is 11.6 Å². The molecule has 1 saturated heterocycles. The number of nitrogens with zero attached hydrogens (tertiary/aromatic N) is 4. The van der Waals surface area contributed by atoms with Gasteiger partial charge in [-0.1, -0.05) is 6.07 Å². The highest BCUT2D eigenvalue weighted by molar-refractivity contribution is 5.85. The van der Waals surface area contributed by atoms with E-state index in [1.807, 2.05) is 44.2 Å². The number of aromatic nitrogens is 4. The standard InChI is InChI=1S/C23H23N5O3/c1-13-6-7-16(25-23-26-21(31-27-23)20-5-4-8-30-20)11-17(13)18-10-15-12-24-14(2)9-19(15)28(3)22(18)29/h6-7,9-12,20H,4-5,8H2,1-3H3,(H,25,27)/t20-/m0/s1. The predicted molar refractivity (Wildman–Crippen MR) is 117 cm³/mol. The molecule has 5 rings (SSSR count). The maximum Gasteiger partial charge on any atom is 0.267 e. The molecule has 4 aromatic rings. The first-order chi connectivity index (χ1) is 15.0. The second kappa shape index (κ2) is 7.63. The molecule has 0 aliphatic carbocycles. The maximum atomic E-state index is 13.1. The van der Waals surface area contributed by atoms with Crippen LogP contribution in [0.15, 0.2) is 45.8 Å². The summed E-state index contributed by atoms with van der Waals surface area (Å²) in [5.41, 5.74) is 4.91. The van der Waals surface area contributed by atoms with Gasteiger partial charge in [0.05, 0.1) is 5.52 Å². The number of benzene rings is 1. The van der Waals surface area contributed by atoms with Gasteiger partial charge in [-0.3, -0.25) is 9.78 Å². The summed E-state index contributed by atoms with van der Waals surface area (Å²) in [6, 6.07) is 9.65. The molecule has 0 amide bonds. The molecule has 1 aliphatic heterocycles. The molecule has 1 aromatic carbocycles. The van der Waals surface area contributed by atoms with Crippen LogP contribution in [-0.2, 0) is 11.8 Å². The number of nitrogens with one attached hydrogen (secondary N) is 1. The van der Waals surface area contributed by atoms with E-state index in [2.05, 4.69) is 20.4 Å². The lowest BCUT2D eigenvalue weighted by Crippen LogP contribution is -2.19. The summed E-state index contributed by atoms with van der Waals surface area (Å²) in [4.78, 5) is 21.9. The highest BCUT2D eigenvalue weighted by Crippen LogP contribution is 2.30. The van der Waals surface area contributed by atoms with Gasteiger partial charge >= 0.3 is 0 Å². The van der Waals surface area contributed by atoms with Crippen molar-refractivity contribution in [3.63, 3.8) is 0 Å². The third-order valence-electron chi connectivity index (χ3n) is 5.68. The Morgan fingerprint density at radius 3 is 2.84 bits per heavy atom. The Kier molecular flexibility index (Phi) is 4.78. The smallest absolute Gasteiger partial charge is 0.267 e. The lowest BCUT2D eigenvalue weighted by Gasteiger charge is -2.12.